The van der Waals surface area contributed by atoms with Gasteiger partial charge in [0.15, 0.2) is 5.00 Å². The Morgan fingerprint density at radius 1 is 1.21 bits per heavy atom. The third-order valence-corrected chi connectivity index (χ3v) is 4.61. The monoisotopic (exact) mass is 401 g/mol. The average molecular weight is 401 g/mol. The number of hydrogen-bond donors (Lipinski definition) is 1. The molecule has 28 heavy (non-hydrogen) atoms. The second-order valence-corrected chi connectivity index (χ2v) is 6.65. The van der Waals surface area contributed by atoms with Crippen molar-refractivity contribution in [2.75, 3.05) is 18.5 Å². The van der Waals surface area contributed by atoms with Crippen LogP contribution in [0, 0.1) is 0 Å². The zero-order valence-electron chi connectivity index (χ0n) is 15.3. The molecule has 1 aromatic carbocycles. The number of esters is 1. The Labute approximate surface area is 165 Å². The van der Waals surface area contributed by atoms with Gasteiger partial charge >= 0.3 is 5.97 Å². The molecule has 0 saturated carbocycles. The van der Waals surface area contributed by atoms with E-state index in [1.165, 1.54) is 5.01 Å². The average Bonchev–Trinajstić information content (AvgIpc) is 3.37. The summed E-state index contributed by atoms with van der Waals surface area (Å²) in [5.41, 5.74) is 1.80. The number of anilines is 1. The van der Waals surface area contributed by atoms with E-state index in [1.807, 2.05) is 30.3 Å². The summed E-state index contributed by atoms with van der Waals surface area (Å²) in [4.78, 5) is 36.2. The molecular weight excluding hydrogens is 382 g/mol. The van der Waals surface area contributed by atoms with E-state index >= 15 is 0 Å². The van der Waals surface area contributed by atoms with Crippen LogP contribution in [0.25, 0.3) is 0 Å². The summed E-state index contributed by atoms with van der Waals surface area (Å²) in [6, 6.07) is 9.67. The summed E-state index contributed by atoms with van der Waals surface area (Å²) in [6.45, 7) is 2.36. The molecule has 10 heteroatoms. The highest BCUT2D eigenvalue weighted by Gasteiger charge is 2.23. The standard InChI is InChI=1S/C18H19N5O4S/c1-2-27-18(26)16-17(28-22-20-16)19-14(24)8-9-15(25)23-11-10-13(21-23)12-6-4-3-5-7-12/h3-7H,2,8-11H2,1H3,(H,19,24). The number of carbonyl (C=O) groups excluding carboxylic acids is 3. The van der Waals surface area contributed by atoms with Crippen molar-refractivity contribution in [3.8, 4) is 0 Å². The lowest BCUT2D eigenvalue weighted by molar-refractivity contribution is -0.132. The van der Waals surface area contributed by atoms with Crippen LogP contribution in [0.2, 0.25) is 0 Å². The molecule has 146 valence electrons. The molecule has 2 aromatic rings. The van der Waals surface area contributed by atoms with Gasteiger partial charge in [-0.1, -0.05) is 34.8 Å². The minimum Gasteiger partial charge on any atom is -0.461 e. The molecule has 1 aliphatic rings. The van der Waals surface area contributed by atoms with Gasteiger partial charge in [0.05, 0.1) is 18.9 Å². The number of benzene rings is 1. The lowest BCUT2D eigenvalue weighted by Crippen LogP contribution is -2.25. The van der Waals surface area contributed by atoms with Crippen molar-refractivity contribution in [1.82, 2.24) is 14.6 Å². The Bertz CT molecular complexity index is 896. The van der Waals surface area contributed by atoms with E-state index in [0.717, 1.165) is 22.8 Å². The van der Waals surface area contributed by atoms with Crippen molar-refractivity contribution in [3.05, 3.63) is 41.6 Å². The molecule has 3 rings (SSSR count). The highest BCUT2D eigenvalue weighted by Crippen LogP contribution is 2.19. The van der Waals surface area contributed by atoms with Crippen molar-refractivity contribution < 1.29 is 19.1 Å². The Balaban J connectivity index is 1.52. The summed E-state index contributed by atoms with van der Waals surface area (Å²) in [6.07, 6.45) is 0.654. The molecule has 2 heterocycles. The van der Waals surface area contributed by atoms with Gasteiger partial charge in [0, 0.05) is 30.8 Å². The number of ether oxygens (including phenoxy) is 1. The van der Waals surface area contributed by atoms with E-state index < -0.39 is 11.9 Å². The zero-order valence-corrected chi connectivity index (χ0v) is 16.1. The first kappa shape index (κ1) is 19.6. The summed E-state index contributed by atoms with van der Waals surface area (Å²) in [7, 11) is 0. The molecule has 0 saturated heterocycles. The van der Waals surface area contributed by atoms with Gasteiger partial charge in [-0.15, -0.1) is 5.10 Å². The number of amides is 2. The van der Waals surface area contributed by atoms with E-state index in [-0.39, 0.29) is 36.1 Å². The van der Waals surface area contributed by atoms with E-state index in [0.29, 0.717) is 13.0 Å². The van der Waals surface area contributed by atoms with E-state index in [9.17, 15) is 14.4 Å². The van der Waals surface area contributed by atoms with Gasteiger partial charge in [-0.25, -0.2) is 9.80 Å². The van der Waals surface area contributed by atoms with Crippen LogP contribution in [0.4, 0.5) is 5.00 Å². The van der Waals surface area contributed by atoms with Crippen LogP contribution in [-0.2, 0) is 14.3 Å². The fraction of sp³-hybridized carbons (Fsp3) is 0.333. The fourth-order valence-electron chi connectivity index (χ4n) is 2.61. The minimum atomic E-state index is -0.650. The quantitative estimate of drug-likeness (QED) is 0.711. The molecule has 0 spiro atoms. The lowest BCUT2D eigenvalue weighted by atomic mass is 10.1. The number of nitrogens with one attached hydrogen (secondary N) is 1. The Hall–Kier alpha value is -3.14. The number of rotatable bonds is 7. The predicted molar refractivity (Wildman–Crippen MR) is 103 cm³/mol. The maximum Gasteiger partial charge on any atom is 0.362 e. The summed E-state index contributed by atoms with van der Waals surface area (Å²) in [5.74, 6) is -1.28. The predicted octanol–water partition coefficient (Wildman–Crippen LogP) is 2.07. The number of hydrogen-bond acceptors (Lipinski definition) is 8. The fourth-order valence-corrected chi connectivity index (χ4v) is 3.19. The third kappa shape index (κ3) is 4.77. The SMILES string of the molecule is CCOC(=O)c1nnsc1NC(=O)CCC(=O)N1CCC(c2ccccc2)=N1. The number of hydrazone groups is 1. The third-order valence-electron chi connectivity index (χ3n) is 3.97. The highest BCUT2D eigenvalue weighted by molar-refractivity contribution is 7.10. The Kier molecular flexibility index (Phi) is 6.43. The van der Waals surface area contributed by atoms with Crippen molar-refractivity contribution >= 4 is 40.0 Å². The van der Waals surface area contributed by atoms with Gasteiger partial charge in [0.1, 0.15) is 0 Å². The molecule has 0 atom stereocenters. The van der Waals surface area contributed by atoms with Crippen LogP contribution in [0.3, 0.4) is 0 Å². The maximum absolute atomic E-state index is 12.3. The molecule has 1 N–H and O–H groups in total. The lowest BCUT2D eigenvalue weighted by Gasteiger charge is -2.11. The van der Waals surface area contributed by atoms with Gasteiger partial charge in [-0.2, -0.15) is 5.10 Å². The zero-order chi connectivity index (χ0) is 19.9. The number of aromatic nitrogens is 2. The molecular formula is C18H19N5O4S. The maximum atomic E-state index is 12.3. The van der Waals surface area contributed by atoms with E-state index in [2.05, 4.69) is 20.0 Å². The van der Waals surface area contributed by atoms with Gasteiger partial charge < -0.3 is 10.1 Å². The van der Waals surface area contributed by atoms with E-state index in [1.54, 1.807) is 6.92 Å². The Morgan fingerprint density at radius 3 is 2.75 bits per heavy atom. The first-order chi connectivity index (χ1) is 13.6. The first-order valence-electron chi connectivity index (χ1n) is 8.81. The van der Waals surface area contributed by atoms with Crippen LogP contribution in [-0.4, -0.2) is 51.2 Å². The second kappa shape index (κ2) is 9.18. The van der Waals surface area contributed by atoms with E-state index in [4.69, 9.17) is 4.74 Å². The van der Waals surface area contributed by atoms with Gasteiger partial charge in [0.25, 0.3) is 0 Å². The largest absolute Gasteiger partial charge is 0.461 e. The molecule has 1 aromatic heterocycles. The molecule has 0 aliphatic carbocycles. The molecule has 9 nitrogen and oxygen atoms in total. The number of carbonyl (C=O) groups is 3. The Morgan fingerprint density at radius 2 is 2.00 bits per heavy atom. The van der Waals surface area contributed by atoms with Crippen LogP contribution in [0.15, 0.2) is 35.4 Å². The molecule has 0 radical (unpaired) electrons. The second-order valence-electron chi connectivity index (χ2n) is 5.90. The van der Waals surface area contributed by atoms with Crippen molar-refractivity contribution in [1.29, 1.82) is 0 Å². The molecule has 0 bridgehead atoms. The van der Waals surface area contributed by atoms with Crippen LogP contribution in [0.5, 0.6) is 0 Å². The first-order valence-corrected chi connectivity index (χ1v) is 9.58. The van der Waals surface area contributed by atoms with Gasteiger partial charge in [0.2, 0.25) is 17.5 Å². The van der Waals surface area contributed by atoms with Crippen LogP contribution >= 0.6 is 11.5 Å². The summed E-state index contributed by atoms with van der Waals surface area (Å²) in [5, 5.41) is 12.2. The van der Waals surface area contributed by atoms with Crippen molar-refractivity contribution in [3.63, 3.8) is 0 Å². The van der Waals surface area contributed by atoms with Gasteiger partial charge in [-0.3, -0.25) is 9.59 Å². The summed E-state index contributed by atoms with van der Waals surface area (Å²) >= 11 is 0.878. The van der Waals surface area contributed by atoms with Gasteiger partial charge in [-0.05, 0) is 12.5 Å². The van der Waals surface area contributed by atoms with Crippen LogP contribution < -0.4 is 5.32 Å². The van der Waals surface area contributed by atoms with Crippen molar-refractivity contribution in [2.45, 2.75) is 26.2 Å². The van der Waals surface area contributed by atoms with Crippen molar-refractivity contribution in [2.24, 2.45) is 5.10 Å². The smallest absolute Gasteiger partial charge is 0.362 e. The molecule has 0 unspecified atom stereocenters. The molecule has 0 fully saturated rings. The minimum absolute atomic E-state index is 0.0123. The van der Waals surface area contributed by atoms with Crippen LogP contribution in [0.1, 0.15) is 42.2 Å². The molecule has 1 aliphatic heterocycles. The topological polar surface area (TPSA) is 114 Å². The normalized spacial score (nSPS) is 13.2. The molecule has 2 amide bonds. The summed E-state index contributed by atoms with van der Waals surface area (Å²) < 4.78 is 8.52. The number of nitrogens with zero attached hydrogens (tertiary/aromatic N) is 4. The highest BCUT2D eigenvalue weighted by atomic mass is 32.1.